The highest BCUT2D eigenvalue weighted by Crippen LogP contribution is 2.48. The van der Waals surface area contributed by atoms with Crippen LogP contribution >= 0.6 is 0 Å². The van der Waals surface area contributed by atoms with E-state index in [0.29, 0.717) is 5.92 Å². The second-order valence-corrected chi connectivity index (χ2v) is 6.22. The van der Waals surface area contributed by atoms with Gasteiger partial charge in [-0.15, -0.1) is 0 Å². The summed E-state index contributed by atoms with van der Waals surface area (Å²) in [5.41, 5.74) is 5.12. The van der Waals surface area contributed by atoms with Gasteiger partial charge in [-0.2, -0.15) is 0 Å². The molecule has 0 saturated heterocycles. The van der Waals surface area contributed by atoms with Crippen LogP contribution in [-0.2, 0) is 0 Å². The van der Waals surface area contributed by atoms with Crippen molar-refractivity contribution in [2.24, 2.45) is 23.6 Å². The Labute approximate surface area is 120 Å². The lowest BCUT2D eigenvalue weighted by atomic mass is 9.97. The molecule has 0 aromatic heterocycles. The number of hydrazine groups is 1. The minimum atomic E-state index is 0.0392. The van der Waals surface area contributed by atoms with Crippen LogP contribution in [0.2, 0.25) is 0 Å². The Morgan fingerprint density at radius 2 is 1.95 bits per heavy atom. The third kappa shape index (κ3) is 2.96. The fourth-order valence-electron chi connectivity index (χ4n) is 3.08. The van der Waals surface area contributed by atoms with E-state index in [2.05, 4.69) is 10.7 Å². The first kappa shape index (κ1) is 13.4. The van der Waals surface area contributed by atoms with Crippen LogP contribution in [0.15, 0.2) is 18.2 Å². The zero-order chi connectivity index (χ0) is 14.1. The standard InChI is InChI=1S/C16H23N3O/c1-10-8-13(19-17)6-7-14(10)16(20)18-9-15(11-2-3-11)12-4-5-12/h6-8,11-12,15,19H,2-5,9,17H2,1H3,(H,18,20). The van der Waals surface area contributed by atoms with Crippen molar-refractivity contribution in [1.29, 1.82) is 0 Å². The largest absolute Gasteiger partial charge is 0.352 e. The van der Waals surface area contributed by atoms with E-state index in [9.17, 15) is 4.79 Å². The minimum absolute atomic E-state index is 0.0392. The Morgan fingerprint density at radius 1 is 1.30 bits per heavy atom. The van der Waals surface area contributed by atoms with E-state index in [1.807, 2.05) is 25.1 Å². The summed E-state index contributed by atoms with van der Waals surface area (Å²) in [5, 5.41) is 3.13. The molecule has 2 aliphatic rings. The van der Waals surface area contributed by atoms with Gasteiger partial charge in [0.2, 0.25) is 0 Å². The third-order valence-corrected chi connectivity index (χ3v) is 4.59. The Balaban J connectivity index is 1.60. The molecule has 2 aliphatic carbocycles. The highest BCUT2D eigenvalue weighted by molar-refractivity contribution is 5.96. The molecule has 1 amide bonds. The highest BCUT2D eigenvalue weighted by atomic mass is 16.1. The second kappa shape index (κ2) is 5.44. The van der Waals surface area contributed by atoms with E-state index in [4.69, 9.17) is 5.84 Å². The number of benzene rings is 1. The lowest BCUT2D eigenvalue weighted by molar-refractivity contribution is 0.0943. The molecule has 3 rings (SSSR count). The number of amides is 1. The number of nitrogen functional groups attached to an aromatic ring is 1. The van der Waals surface area contributed by atoms with Crippen molar-refractivity contribution in [3.63, 3.8) is 0 Å². The third-order valence-electron chi connectivity index (χ3n) is 4.59. The van der Waals surface area contributed by atoms with Crippen LogP contribution in [0.3, 0.4) is 0 Å². The van der Waals surface area contributed by atoms with Crippen LogP contribution in [-0.4, -0.2) is 12.5 Å². The fraction of sp³-hybridized carbons (Fsp3) is 0.562. The summed E-state index contributed by atoms with van der Waals surface area (Å²) < 4.78 is 0. The molecule has 0 radical (unpaired) electrons. The van der Waals surface area contributed by atoms with Crippen molar-refractivity contribution in [3.05, 3.63) is 29.3 Å². The molecule has 4 heteroatoms. The van der Waals surface area contributed by atoms with E-state index >= 15 is 0 Å². The minimum Gasteiger partial charge on any atom is -0.352 e. The van der Waals surface area contributed by atoms with Gasteiger partial charge in [0.1, 0.15) is 0 Å². The number of nitrogens with two attached hydrogens (primary N) is 1. The number of hydrogen-bond donors (Lipinski definition) is 3. The lowest BCUT2D eigenvalue weighted by Gasteiger charge is -2.17. The molecule has 2 saturated carbocycles. The van der Waals surface area contributed by atoms with Crippen molar-refractivity contribution in [2.75, 3.05) is 12.0 Å². The smallest absolute Gasteiger partial charge is 0.251 e. The van der Waals surface area contributed by atoms with Gasteiger partial charge >= 0.3 is 0 Å². The van der Waals surface area contributed by atoms with Gasteiger partial charge < -0.3 is 10.7 Å². The van der Waals surface area contributed by atoms with Gasteiger partial charge in [0.25, 0.3) is 5.91 Å². The normalized spacial score (nSPS) is 18.1. The summed E-state index contributed by atoms with van der Waals surface area (Å²) in [4.78, 5) is 12.3. The van der Waals surface area contributed by atoms with Gasteiger partial charge in [0, 0.05) is 17.8 Å². The van der Waals surface area contributed by atoms with Crippen molar-refractivity contribution >= 4 is 11.6 Å². The summed E-state index contributed by atoms with van der Waals surface area (Å²) in [6, 6.07) is 5.57. The predicted molar refractivity (Wildman–Crippen MR) is 80.3 cm³/mol. The first-order valence-corrected chi connectivity index (χ1v) is 7.54. The first-order valence-electron chi connectivity index (χ1n) is 7.54. The molecule has 2 fully saturated rings. The van der Waals surface area contributed by atoms with Gasteiger partial charge in [-0.25, -0.2) is 0 Å². The summed E-state index contributed by atoms with van der Waals surface area (Å²) in [7, 11) is 0. The number of anilines is 1. The number of aryl methyl sites for hydroxylation is 1. The fourth-order valence-corrected chi connectivity index (χ4v) is 3.08. The molecule has 1 aromatic rings. The van der Waals surface area contributed by atoms with Crippen LogP contribution in [0.4, 0.5) is 5.69 Å². The zero-order valence-electron chi connectivity index (χ0n) is 12.0. The van der Waals surface area contributed by atoms with Crippen molar-refractivity contribution in [2.45, 2.75) is 32.6 Å². The Bertz CT molecular complexity index is 494. The molecule has 0 unspecified atom stereocenters. The molecular formula is C16H23N3O. The van der Waals surface area contributed by atoms with Crippen LogP contribution in [0, 0.1) is 24.7 Å². The SMILES string of the molecule is Cc1cc(NN)ccc1C(=O)NCC(C1CC1)C1CC1. The Morgan fingerprint density at radius 3 is 2.45 bits per heavy atom. The summed E-state index contributed by atoms with van der Waals surface area (Å²) in [5.74, 6) is 7.86. The molecule has 1 aromatic carbocycles. The number of carbonyl (C=O) groups is 1. The summed E-state index contributed by atoms with van der Waals surface area (Å²) in [6.45, 7) is 2.78. The maximum Gasteiger partial charge on any atom is 0.251 e. The maximum atomic E-state index is 12.3. The van der Waals surface area contributed by atoms with E-state index in [-0.39, 0.29) is 5.91 Å². The first-order chi connectivity index (χ1) is 9.69. The number of hydrogen-bond acceptors (Lipinski definition) is 3. The van der Waals surface area contributed by atoms with Crippen LogP contribution in [0.5, 0.6) is 0 Å². The van der Waals surface area contributed by atoms with Gasteiger partial charge in [-0.05, 0) is 74.1 Å². The summed E-state index contributed by atoms with van der Waals surface area (Å²) >= 11 is 0. The zero-order valence-corrected chi connectivity index (χ0v) is 12.0. The number of carbonyl (C=O) groups excluding carboxylic acids is 1. The molecule has 0 aliphatic heterocycles. The van der Waals surface area contributed by atoms with Crippen LogP contribution < -0.4 is 16.6 Å². The molecule has 4 nitrogen and oxygen atoms in total. The molecule has 0 bridgehead atoms. The molecule has 0 spiro atoms. The van der Waals surface area contributed by atoms with Crippen LogP contribution in [0.1, 0.15) is 41.6 Å². The van der Waals surface area contributed by atoms with Gasteiger partial charge in [0.15, 0.2) is 0 Å². The second-order valence-electron chi connectivity index (χ2n) is 6.22. The topological polar surface area (TPSA) is 67.1 Å². The Hall–Kier alpha value is -1.55. The molecule has 0 atom stereocenters. The van der Waals surface area contributed by atoms with E-state index in [1.54, 1.807) is 0 Å². The molecule has 4 N–H and O–H groups in total. The lowest BCUT2D eigenvalue weighted by Crippen LogP contribution is -2.31. The molecule has 108 valence electrons. The average molecular weight is 273 g/mol. The van der Waals surface area contributed by atoms with Crippen molar-refractivity contribution in [1.82, 2.24) is 5.32 Å². The van der Waals surface area contributed by atoms with Crippen LogP contribution in [0.25, 0.3) is 0 Å². The van der Waals surface area contributed by atoms with Crippen molar-refractivity contribution < 1.29 is 4.79 Å². The molecule has 20 heavy (non-hydrogen) atoms. The molecular weight excluding hydrogens is 250 g/mol. The van der Waals surface area contributed by atoms with E-state index < -0.39 is 0 Å². The number of nitrogens with one attached hydrogen (secondary N) is 2. The maximum absolute atomic E-state index is 12.3. The van der Waals surface area contributed by atoms with E-state index in [0.717, 1.165) is 35.2 Å². The van der Waals surface area contributed by atoms with Gasteiger partial charge in [-0.3, -0.25) is 10.6 Å². The van der Waals surface area contributed by atoms with Crippen molar-refractivity contribution in [3.8, 4) is 0 Å². The summed E-state index contributed by atoms with van der Waals surface area (Å²) in [6.07, 6.45) is 5.42. The quantitative estimate of drug-likeness (QED) is 0.551. The van der Waals surface area contributed by atoms with Gasteiger partial charge in [-0.1, -0.05) is 0 Å². The Kier molecular flexibility index (Phi) is 3.66. The predicted octanol–water partition coefficient (Wildman–Crippen LogP) is 2.45. The van der Waals surface area contributed by atoms with E-state index in [1.165, 1.54) is 25.7 Å². The number of rotatable bonds is 6. The van der Waals surface area contributed by atoms with Gasteiger partial charge in [0.05, 0.1) is 0 Å². The average Bonchev–Trinajstić information content (AvgIpc) is 3.31. The monoisotopic (exact) mass is 273 g/mol. The highest BCUT2D eigenvalue weighted by Gasteiger charge is 2.41. The molecule has 0 heterocycles.